The second-order valence-electron chi connectivity index (χ2n) is 7.69. The highest BCUT2D eigenvalue weighted by Gasteiger charge is 2.32. The molecule has 1 aromatic heterocycles. The molecule has 0 N–H and O–H groups in total. The molecule has 2 aromatic carbocycles. The summed E-state index contributed by atoms with van der Waals surface area (Å²) < 4.78 is 82.6. The third-order valence-corrected chi connectivity index (χ3v) is 5.84. The molecule has 1 aliphatic rings. The fourth-order valence-corrected chi connectivity index (χ4v) is 4.16. The Morgan fingerprint density at radius 3 is 2.23 bits per heavy atom. The third kappa shape index (κ3) is 6.47. The summed E-state index contributed by atoms with van der Waals surface area (Å²) >= 11 is -0.606. The van der Waals surface area contributed by atoms with E-state index >= 15 is 0 Å². The molecule has 35 heavy (non-hydrogen) atoms. The number of hydrogen-bond acceptors (Lipinski definition) is 6. The minimum absolute atomic E-state index is 0.0107. The molecule has 3 aromatic rings. The van der Waals surface area contributed by atoms with E-state index in [1.165, 1.54) is 30.6 Å². The highest BCUT2D eigenvalue weighted by Crippen LogP contribution is 2.36. The molecule has 2 heterocycles. The lowest BCUT2D eigenvalue weighted by molar-refractivity contribution is -0.274. The molecule has 0 spiro atoms. The van der Waals surface area contributed by atoms with Crippen LogP contribution in [0.5, 0.6) is 11.5 Å². The van der Waals surface area contributed by atoms with Gasteiger partial charge >= 0.3 is 11.9 Å². The van der Waals surface area contributed by atoms with E-state index in [-0.39, 0.29) is 23.1 Å². The summed E-state index contributed by atoms with van der Waals surface area (Å²) in [6, 6.07) is 9.17. The van der Waals surface area contributed by atoms with Crippen molar-refractivity contribution in [2.45, 2.75) is 30.6 Å². The van der Waals surface area contributed by atoms with Gasteiger partial charge in [0.1, 0.15) is 17.8 Å². The van der Waals surface area contributed by atoms with Crippen molar-refractivity contribution in [2.24, 2.45) is 0 Å². The van der Waals surface area contributed by atoms with E-state index in [9.17, 15) is 31.1 Å². The Hall–Kier alpha value is -3.22. The number of halogens is 6. The van der Waals surface area contributed by atoms with Crippen LogP contribution in [-0.4, -0.2) is 45.7 Å². The number of piperidine rings is 1. The van der Waals surface area contributed by atoms with Crippen LogP contribution in [0.3, 0.4) is 0 Å². The van der Waals surface area contributed by atoms with Crippen LogP contribution in [-0.2, 0) is 0 Å². The number of benzene rings is 2. The fraction of sp³-hybridized carbons (Fsp3) is 0.318. The molecule has 13 heteroatoms. The summed E-state index contributed by atoms with van der Waals surface area (Å²) in [5.74, 6) is -0.715. The number of amides is 1. The van der Waals surface area contributed by atoms with Crippen LogP contribution in [0.4, 0.5) is 26.3 Å². The lowest BCUT2D eigenvalue weighted by atomic mass is 9.90. The van der Waals surface area contributed by atoms with Crippen LogP contribution < -0.4 is 8.92 Å². The number of fused-ring (bicyclic) bond motifs is 1. The minimum atomic E-state index is -4.81. The van der Waals surface area contributed by atoms with Gasteiger partial charge in [-0.1, -0.05) is 0 Å². The molecule has 0 bridgehead atoms. The van der Waals surface area contributed by atoms with Crippen molar-refractivity contribution in [1.82, 2.24) is 14.9 Å². The van der Waals surface area contributed by atoms with Crippen molar-refractivity contribution in [3.8, 4) is 11.5 Å². The maximum Gasteiger partial charge on any atom is 0.573 e. The average molecular weight is 517 g/mol. The zero-order valence-corrected chi connectivity index (χ0v) is 18.6. The first-order valence-corrected chi connectivity index (χ1v) is 11.0. The normalized spacial score (nSPS) is 15.3. The lowest BCUT2D eigenvalue weighted by Gasteiger charge is -2.32. The molecule has 1 aliphatic heterocycles. The molecule has 1 saturated heterocycles. The highest BCUT2D eigenvalue weighted by atomic mass is 32.2. The first-order chi connectivity index (χ1) is 16.5. The quantitative estimate of drug-likeness (QED) is 0.301. The van der Waals surface area contributed by atoms with Crippen molar-refractivity contribution in [2.75, 3.05) is 13.1 Å². The van der Waals surface area contributed by atoms with Gasteiger partial charge in [-0.15, -0.1) is 13.2 Å². The van der Waals surface area contributed by atoms with Crippen LogP contribution >= 0.6 is 12.0 Å². The van der Waals surface area contributed by atoms with Crippen molar-refractivity contribution in [3.05, 3.63) is 60.0 Å². The Morgan fingerprint density at radius 1 is 0.943 bits per heavy atom. The molecule has 0 atom stereocenters. The number of alkyl halides is 6. The smallest absolute Gasteiger partial charge is 0.417 e. The minimum Gasteiger partial charge on any atom is -0.417 e. The maximum atomic E-state index is 12.8. The van der Waals surface area contributed by atoms with E-state index in [2.05, 4.69) is 14.7 Å². The monoisotopic (exact) mass is 517 g/mol. The second kappa shape index (κ2) is 9.80. The number of carbonyl (C=O) groups excluding carboxylic acids is 1. The van der Waals surface area contributed by atoms with Crippen molar-refractivity contribution in [3.63, 3.8) is 0 Å². The van der Waals surface area contributed by atoms with Crippen LogP contribution in [0.15, 0.2) is 48.8 Å². The number of carbonyl (C=O) groups is 1. The standard InChI is InChI=1S/C22H17F6N3O3S/c23-21(24,25)33-15-3-1-14(2-4-15)20(32)31-9-7-13(8-10-31)19-17-6-5-16(34-35-22(26,27)28)11-18(17)29-12-30-19/h1-6,11-13H,7-10H2. The van der Waals surface area contributed by atoms with Crippen LogP contribution in [0.25, 0.3) is 10.9 Å². The SMILES string of the molecule is O=C(c1ccc(OC(F)(F)F)cc1)N1CCC(c2ncnc3cc(OSC(F)(F)F)ccc23)CC1. The first-order valence-electron chi connectivity index (χ1n) is 10.3. The summed E-state index contributed by atoms with van der Waals surface area (Å²) in [5.41, 5.74) is -3.12. The number of likely N-dealkylation sites (tertiary alicyclic amines) is 1. The summed E-state index contributed by atoms with van der Waals surface area (Å²) in [6.45, 7) is 0.804. The summed E-state index contributed by atoms with van der Waals surface area (Å²) in [4.78, 5) is 22.9. The number of hydrogen-bond donors (Lipinski definition) is 0. The van der Waals surface area contributed by atoms with E-state index in [1.807, 2.05) is 0 Å². The van der Waals surface area contributed by atoms with Crippen molar-refractivity contribution < 1.29 is 40.1 Å². The van der Waals surface area contributed by atoms with Crippen LogP contribution in [0, 0.1) is 0 Å². The topological polar surface area (TPSA) is 64.5 Å². The molecule has 0 radical (unpaired) electrons. The fourth-order valence-electron chi connectivity index (χ4n) is 3.87. The van der Waals surface area contributed by atoms with Gasteiger partial charge in [0, 0.05) is 36.0 Å². The number of nitrogens with zero attached hydrogens (tertiary/aromatic N) is 3. The lowest BCUT2D eigenvalue weighted by Crippen LogP contribution is -2.38. The van der Waals surface area contributed by atoms with Crippen LogP contribution in [0.1, 0.15) is 34.8 Å². The average Bonchev–Trinajstić information content (AvgIpc) is 2.81. The molecule has 4 rings (SSSR count). The van der Waals surface area contributed by atoms with Crippen molar-refractivity contribution in [1.29, 1.82) is 0 Å². The van der Waals surface area contributed by atoms with Gasteiger partial charge < -0.3 is 13.8 Å². The van der Waals surface area contributed by atoms with E-state index in [0.717, 1.165) is 17.8 Å². The molecule has 0 saturated carbocycles. The number of rotatable bonds is 5. The summed E-state index contributed by atoms with van der Waals surface area (Å²) in [5, 5.41) is 0.682. The van der Waals surface area contributed by atoms with E-state index < -0.39 is 29.7 Å². The summed E-state index contributed by atoms with van der Waals surface area (Å²) in [6.07, 6.45) is -2.32. The van der Waals surface area contributed by atoms with Crippen molar-refractivity contribution >= 4 is 28.9 Å². The van der Waals surface area contributed by atoms with E-state index in [0.29, 0.717) is 36.8 Å². The van der Waals surface area contributed by atoms with Crippen LogP contribution in [0.2, 0.25) is 0 Å². The molecule has 186 valence electrons. The Morgan fingerprint density at radius 2 is 1.60 bits per heavy atom. The molecule has 1 amide bonds. The molecule has 6 nitrogen and oxygen atoms in total. The van der Waals surface area contributed by atoms with Gasteiger partial charge in [-0.2, -0.15) is 13.2 Å². The van der Waals surface area contributed by atoms with Gasteiger partial charge in [-0.25, -0.2) is 9.97 Å². The van der Waals surface area contributed by atoms with Gasteiger partial charge in [-0.3, -0.25) is 4.79 Å². The van der Waals surface area contributed by atoms with Gasteiger partial charge in [-0.05, 0) is 49.2 Å². The zero-order chi connectivity index (χ0) is 25.2. The second-order valence-corrected chi connectivity index (χ2v) is 8.49. The molecule has 0 aliphatic carbocycles. The Kier molecular flexibility index (Phi) is 6.97. The zero-order valence-electron chi connectivity index (χ0n) is 17.8. The van der Waals surface area contributed by atoms with E-state index in [1.54, 1.807) is 11.0 Å². The Balaban J connectivity index is 1.41. The molecule has 0 unspecified atom stereocenters. The number of aromatic nitrogens is 2. The van der Waals surface area contributed by atoms with Gasteiger partial charge in [0.2, 0.25) is 0 Å². The third-order valence-electron chi connectivity index (χ3n) is 5.37. The number of ether oxygens (including phenoxy) is 1. The Bertz CT molecular complexity index is 1200. The van der Waals surface area contributed by atoms with Gasteiger partial charge in [0.15, 0.2) is 12.0 Å². The van der Waals surface area contributed by atoms with Gasteiger partial charge in [0.25, 0.3) is 5.91 Å². The summed E-state index contributed by atoms with van der Waals surface area (Å²) in [7, 11) is 0. The molecular weight excluding hydrogens is 500 g/mol. The largest absolute Gasteiger partial charge is 0.573 e. The first kappa shape index (κ1) is 24.9. The maximum absolute atomic E-state index is 12.8. The van der Waals surface area contributed by atoms with Gasteiger partial charge in [0.05, 0.1) is 11.2 Å². The predicted molar refractivity (Wildman–Crippen MR) is 115 cm³/mol. The molecule has 1 fully saturated rings. The highest BCUT2D eigenvalue weighted by molar-refractivity contribution is 7.95. The Labute approximate surface area is 199 Å². The predicted octanol–water partition coefficient (Wildman–Crippen LogP) is 6.10. The van der Waals surface area contributed by atoms with E-state index in [4.69, 9.17) is 4.18 Å². The molecular formula is C22H17F6N3O3S.